The monoisotopic (exact) mass is 399 g/mol. The lowest BCUT2D eigenvalue weighted by atomic mass is 10.2. The van der Waals surface area contributed by atoms with Gasteiger partial charge >= 0.3 is 6.03 Å². The van der Waals surface area contributed by atoms with Crippen LogP contribution in [0.15, 0.2) is 48.5 Å². The minimum Gasteiger partial charge on any atom is -0.493 e. The summed E-state index contributed by atoms with van der Waals surface area (Å²) < 4.78 is 10.9. The van der Waals surface area contributed by atoms with Crippen LogP contribution in [0.3, 0.4) is 0 Å². The van der Waals surface area contributed by atoms with Gasteiger partial charge in [0.05, 0.1) is 20.3 Å². The summed E-state index contributed by atoms with van der Waals surface area (Å²) in [6, 6.07) is 14.8. The number of nitrogens with one attached hydrogen (secondary N) is 2. The van der Waals surface area contributed by atoms with Crippen molar-refractivity contribution in [2.24, 2.45) is 0 Å². The second kappa shape index (κ2) is 11.6. The average molecular weight is 399 g/mol. The summed E-state index contributed by atoms with van der Waals surface area (Å²) >= 11 is 0. The molecule has 0 heterocycles. The molecule has 2 rings (SSSR count). The molecule has 0 bridgehead atoms. The zero-order valence-corrected chi connectivity index (χ0v) is 17.2. The first-order valence-corrected chi connectivity index (χ1v) is 9.70. The molecule has 0 radical (unpaired) electrons. The van der Waals surface area contributed by atoms with Crippen LogP contribution in [0.25, 0.3) is 0 Å². The van der Waals surface area contributed by atoms with Crippen molar-refractivity contribution in [2.75, 3.05) is 26.8 Å². The highest BCUT2D eigenvalue weighted by atomic mass is 16.5. The van der Waals surface area contributed by atoms with Crippen LogP contribution < -0.4 is 20.1 Å². The topological polar surface area (TPSA) is 79.9 Å². The number of likely N-dealkylation sites (N-methyl/N-ethyl adjacent to an activating group) is 1. The van der Waals surface area contributed by atoms with Gasteiger partial charge in [-0.25, -0.2) is 4.79 Å². The van der Waals surface area contributed by atoms with E-state index < -0.39 is 0 Å². The van der Waals surface area contributed by atoms with E-state index >= 15 is 0 Å². The summed E-state index contributed by atoms with van der Waals surface area (Å²) in [5, 5.41) is 5.36. The van der Waals surface area contributed by atoms with Gasteiger partial charge in [-0.3, -0.25) is 4.79 Å². The van der Waals surface area contributed by atoms with Crippen molar-refractivity contribution in [3.05, 3.63) is 59.7 Å². The minimum atomic E-state index is -0.374. The van der Waals surface area contributed by atoms with E-state index in [4.69, 9.17) is 9.47 Å². The van der Waals surface area contributed by atoms with Crippen molar-refractivity contribution in [3.8, 4) is 11.5 Å². The maximum atomic E-state index is 12.5. The second-order valence-corrected chi connectivity index (χ2v) is 6.35. The predicted molar refractivity (Wildman–Crippen MR) is 112 cm³/mol. The van der Waals surface area contributed by atoms with Crippen molar-refractivity contribution < 1.29 is 19.1 Å². The second-order valence-electron chi connectivity index (χ2n) is 6.35. The molecule has 0 saturated heterocycles. The summed E-state index contributed by atoms with van der Waals surface area (Å²) in [7, 11) is 1.59. The Kier molecular flexibility index (Phi) is 8.82. The predicted octanol–water partition coefficient (Wildman–Crippen LogP) is 2.94. The Morgan fingerprint density at radius 1 is 0.966 bits per heavy atom. The van der Waals surface area contributed by atoms with Crippen LogP contribution >= 0.6 is 0 Å². The summed E-state index contributed by atoms with van der Waals surface area (Å²) in [4.78, 5) is 26.1. The number of nitrogens with zero attached hydrogens (tertiary/aromatic N) is 1. The summed E-state index contributed by atoms with van der Waals surface area (Å²) in [5.41, 5.74) is 1.92. The van der Waals surface area contributed by atoms with Crippen LogP contribution in [0.1, 0.15) is 25.0 Å². The van der Waals surface area contributed by atoms with Crippen LogP contribution in [0.4, 0.5) is 4.79 Å². The van der Waals surface area contributed by atoms with Gasteiger partial charge in [0.1, 0.15) is 0 Å². The number of ether oxygens (including phenoxy) is 2. The van der Waals surface area contributed by atoms with Gasteiger partial charge in [0, 0.05) is 19.6 Å². The van der Waals surface area contributed by atoms with Crippen molar-refractivity contribution in [1.29, 1.82) is 0 Å². The van der Waals surface area contributed by atoms with E-state index in [0.29, 0.717) is 37.7 Å². The molecule has 7 nitrogen and oxygen atoms in total. The molecule has 0 atom stereocenters. The molecule has 0 unspecified atom stereocenters. The van der Waals surface area contributed by atoms with Gasteiger partial charge in [-0.05, 0) is 37.1 Å². The number of rotatable bonds is 10. The Labute approximate surface area is 172 Å². The fourth-order valence-corrected chi connectivity index (χ4v) is 2.79. The van der Waals surface area contributed by atoms with E-state index in [0.717, 1.165) is 11.1 Å². The molecule has 2 N–H and O–H groups in total. The molecular weight excluding hydrogens is 370 g/mol. The summed E-state index contributed by atoms with van der Waals surface area (Å²) in [6.07, 6.45) is 0. The molecule has 3 amide bonds. The summed E-state index contributed by atoms with van der Waals surface area (Å²) in [5.74, 6) is 1.14. The molecule has 29 heavy (non-hydrogen) atoms. The maximum absolute atomic E-state index is 12.5. The molecule has 2 aromatic rings. The molecule has 0 aliphatic heterocycles. The van der Waals surface area contributed by atoms with Crippen molar-refractivity contribution >= 4 is 11.9 Å². The third-order valence-corrected chi connectivity index (χ3v) is 4.33. The number of urea groups is 1. The van der Waals surface area contributed by atoms with E-state index in [2.05, 4.69) is 10.6 Å². The van der Waals surface area contributed by atoms with E-state index in [1.165, 1.54) is 0 Å². The Morgan fingerprint density at radius 3 is 2.38 bits per heavy atom. The molecule has 156 valence electrons. The van der Waals surface area contributed by atoms with Gasteiger partial charge in [0.25, 0.3) is 0 Å². The Hall–Kier alpha value is -3.22. The number of amides is 3. The molecule has 2 aromatic carbocycles. The Balaban J connectivity index is 1.85. The number of carbonyl (C=O) groups excluding carboxylic acids is 2. The van der Waals surface area contributed by atoms with Crippen LogP contribution in [-0.2, 0) is 17.9 Å². The lowest BCUT2D eigenvalue weighted by molar-refractivity contribution is -0.130. The molecule has 0 aliphatic rings. The first-order valence-electron chi connectivity index (χ1n) is 9.70. The van der Waals surface area contributed by atoms with Gasteiger partial charge in [0.15, 0.2) is 11.5 Å². The van der Waals surface area contributed by atoms with Crippen LogP contribution in [0, 0.1) is 0 Å². The van der Waals surface area contributed by atoms with Gasteiger partial charge in [-0.15, -0.1) is 0 Å². The quantitative estimate of drug-likeness (QED) is 0.644. The fraction of sp³-hybridized carbons (Fsp3) is 0.364. The maximum Gasteiger partial charge on any atom is 0.315 e. The number of hydrogen-bond acceptors (Lipinski definition) is 4. The van der Waals surface area contributed by atoms with Crippen molar-refractivity contribution in [1.82, 2.24) is 15.5 Å². The van der Waals surface area contributed by atoms with Crippen LogP contribution in [0.5, 0.6) is 11.5 Å². The molecular formula is C22H29N3O4. The lowest BCUT2D eigenvalue weighted by Gasteiger charge is -2.22. The SMILES string of the molecule is CCOc1ccc(CN(CC)C(=O)CNC(=O)NCc2ccccc2)cc1OC. The minimum absolute atomic E-state index is 0.0668. The van der Waals surface area contributed by atoms with Crippen molar-refractivity contribution in [3.63, 3.8) is 0 Å². The van der Waals surface area contributed by atoms with Crippen LogP contribution in [0.2, 0.25) is 0 Å². The Morgan fingerprint density at radius 2 is 1.72 bits per heavy atom. The number of benzene rings is 2. The normalized spacial score (nSPS) is 10.2. The number of carbonyl (C=O) groups is 2. The van der Waals surface area contributed by atoms with E-state index in [1.54, 1.807) is 12.0 Å². The molecule has 0 fully saturated rings. The molecule has 0 saturated carbocycles. The first kappa shape index (κ1) is 22.1. The van der Waals surface area contributed by atoms with Gasteiger partial charge in [-0.1, -0.05) is 36.4 Å². The molecule has 0 aromatic heterocycles. The fourth-order valence-electron chi connectivity index (χ4n) is 2.79. The zero-order valence-electron chi connectivity index (χ0n) is 17.2. The molecule has 0 aliphatic carbocycles. The van der Waals surface area contributed by atoms with E-state index in [-0.39, 0.29) is 18.5 Å². The standard InChI is InChI=1S/C22H29N3O4/c1-4-25(16-18-11-12-19(29-5-2)20(13-18)28-3)21(26)15-24-22(27)23-14-17-9-7-6-8-10-17/h6-13H,4-5,14-16H2,1-3H3,(H2,23,24,27). The summed E-state index contributed by atoms with van der Waals surface area (Å²) in [6.45, 7) is 5.65. The van der Waals surface area contributed by atoms with Gasteiger partial charge in [-0.2, -0.15) is 0 Å². The Bertz CT molecular complexity index is 796. The third kappa shape index (κ3) is 7.03. The highest BCUT2D eigenvalue weighted by Gasteiger charge is 2.15. The highest BCUT2D eigenvalue weighted by molar-refractivity contribution is 5.84. The van der Waals surface area contributed by atoms with Gasteiger partial charge < -0.3 is 25.0 Å². The zero-order chi connectivity index (χ0) is 21.1. The first-order chi connectivity index (χ1) is 14.1. The molecule has 7 heteroatoms. The smallest absolute Gasteiger partial charge is 0.315 e. The lowest BCUT2D eigenvalue weighted by Crippen LogP contribution is -2.43. The molecule has 0 spiro atoms. The highest BCUT2D eigenvalue weighted by Crippen LogP contribution is 2.28. The third-order valence-electron chi connectivity index (χ3n) is 4.33. The largest absolute Gasteiger partial charge is 0.493 e. The number of methoxy groups -OCH3 is 1. The van der Waals surface area contributed by atoms with Crippen LogP contribution in [-0.4, -0.2) is 43.6 Å². The van der Waals surface area contributed by atoms with Crippen molar-refractivity contribution in [2.45, 2.75) is 26.9 Å². The van der Waals surface area contributed by atoms with E-state index in [9.17, 15) is 9.59 Å². The van der Waals surface area contributed by atoms with E-state index in [1.807, 2.05) is 62.4 Å². The average Bonchev–Trinajstić information content (AvgIpc) is 2.76. The van der Waals surface area contributed by atoms with Gasteiger partial charge in [0.2, 0.25) is 5.91 Å². The number of hydrogen-bond donors (Lipinski definition) is 2.